The highest BCUT2D eigenvalue weighted by atomic mass is 79.9. The summed E-state index contributed by atoms with van der Waals surface area (Å²) in [5.74, 6) is -0.441. The van der Waals surface area contributed by atoms with Crippen molar-refractivity contribution in [3.63, 3.8) is 0 Å². The molecule has 0 aromatic heterocycles. The Labute approximate surface area is 162 Å². The van der Waals surface area contributed by atoms with E-state index in [9.17, 15) is 22.8 Å². The summed E-state index contributed by atoms with van der Waals surface area (Å²) in [4.78, 5) is 28.2. The average molecular weight is 441 g/mol. The molecule has 1 aliphatic heterocycles. The van der Waals surface area contributed by atoms with Gasteiger partial charge in [-0.2, -0.15) is 13.2 Å². The number of rotatable bonds is 2. The van der Waals surface area contributed by atoms with Crippen molar-refractivity contribution < 1.29 is 22.8 Å². The quantitative estimate of drug-likeness (QED) is 0.706. The van der Waals surface area contributed by atoms with Gasteiger partial charge in [0.25, 0.3) is 11.8 Å². The van der Waals surface area contributed by atoms with Crippen molar-refractivity contribution in [3.8, 4) is 0 Å². The first kappa shape index (κ1) is 19.4. The van der Waals surface area contributed by atoms with E-state index < -0.39 is 11.7 Å². The molecule has 1 aliphatic rings. The van der Waals surface area contributed by atoms with Crippen molar-refractivity contribution in [1.82, 2.24) is 9.80 Å². The van der Waals surface area contributed by atoms with Crippen molar-refractivity contribution >= 4 is 27.7 Å². The Morgan fingerprint density at radius 3 is 1.48 bits per heavy atom. The highest BCUT2D eigenvalue weighted by molar-refractivity contribution is 9.10. The minimum Gasteiger partial charge on any atom is -0.335 e. The fourth-order valence-corrected chi connectivity index (χ4v) is 3.14. The van der Waals surface area contributed by atoms with Gasteiger partial charge >= 0.3 is 6.18 Å². The van der Waals surface area contributed by atoms with Gasteiger partial charge in [-0.1, -0.05) is 15.9 Å². The van der Waals surface area contributed by atoms with Crippen LogP contribution in [0.25, 0.3) is 0 Å². The average Bonchev–Trinajstić information content (AvgIpc) is 2.67. The second kappa shape index (κ2) is 7.72. The smallest absolute Gasteiger partial charge is 0.335 e. The molecule has 8 heteroatoms. The fourth-order valence-electron chi connectivity index (χ4n) is 2.87. The molecule has 2 aromatic rings. The first-order chi connectivity index (χ1) is 12.8. The van der Waals surface area contributed by atoms with Crippen LogP contribution in [0.4, 0.5) is 13.2 Å². The zero-order valence-corrected chi connectivity index (χ0v) is 15.8. The van der Waals surface area contributed by atoms with Crippen LogP contribution in [0.3, 0.4) is 0 Å². The molecule has 142 valence electrons. The van der Waals surface area contributed by atoms with Gasteiger partial charge in [-0.05, 0) is 48.5 Å². The first-order valence-electron chi connectivity index (χ1n) is 8.27. The number of carbonyl (C=O) groups excluding carboxylic acids is 2. The molecule has 2 aromatic carbocycles. The van der Waals surface area contributed by atoms with Gasteiger partial charge in [0.1, 0.15) is 0 Å². The van der Waals surface area contributed by atoms with Gasteiger partial charge in [0, 0.05) is 41.8 Å². The number of amides is 2. The van der Waals surface area contributed by atoms with Gasteiger partial charge < -0.3 is 9.80 Å². The largest absolute Gasteiger partial charge is 0.416 e. The van der Waals surface area contributed by atoms with Crippen molar-refractivity contribution in [1.29, 1.82) is 0 Å². The van der Waals surface area contributed by atoms with Crippen molar-refractivity contribution in [3.05, 3.63) is 69.7 Å². The van der Waals surface area contributed by atoms with E-state index in [0.717, 1.165) is 16.6 Å². The predicted molar refractivity (Wildman–Crippen MR) is 97.4 cm³/mol. The highest BCUT2D eigenvalue weighted by Crippen LogP contribution is 2.29. The Bertz CT molecular complexity index is 828. The molecule has 27 heavy (non-hydrogen) atoms. The second-order valence-electron chi connectivity index (χ2n) is 6.17. The van der Waals surface area contributed by atoms with Crippen molar-refractivity contribution in [2.24, 2.45) is 0 Å². The van der Waals surface area contributed by atoms with Crippen LogP contribution >= 0.6 is 15.9 Å². The van der Waals surface area contributed by atoms with Crippen LogP contribution in [0.15, 0.2) is 53.0 Å². The Kier molecular flexibility index (Phi) is 5.55. The Morgan fingerprint density at radius 2 is 1.11 bits per heavy atom. The van der Waals surface area contributed by atoms with Gasteiger partial charge in [0.15, 0.2) is 0 Å². The van der Waals surface area contributed by atoms with E-state index in [2.05, 4.69) is 15.9 Å². The van der Waals surface area contributed by atoms with Crippen LogP contribution in [0, 0.1) is 0 Å². The molecule has 1 fully saturated rings. The summed E-state index contributed by atoms with van der Waals surface area (Å²) in [6.45, 7) is 1.42. The highest BCUT2D eigenvalue weighted by Gasteiger charge is 2.31. The standard InChI is InChI=1S/C19H16BrF3N2O2/c20-16-7-3-14(4-8-16)18(27)25-11-9-24(10-12-25)17(26)13-1-5-15(6-2-13)19(21,22)23/h1-8H,9-12H2. The topological polar surface area (TPSA) is 40.6 Å². The number of hydrogen-bond donors (Lipinski definition) is 0. The lowest BCUT2D eigenvalue weighted by molar-refractivity contribution is -0.137. The number of piperazine rings is 1. The zero-order chi connectivity index (χ0) is 19.6. The maximum absolute atomic E-state index is 12.6. The minimum atomic E-state index is -4.43. The van der Waals surface area contributed by atoms with Gasteiger partial charge in [-0.3, -0.25) is 9.59 Å². The molecule has 0 spiro atoms. The van der Waals surface area contributed by atoms with E-state index in [1.54, 1.807) is 34.1 Å². The van der Waals surface area contributed by atoms with E-state index in [0.29, 0.717) is 31.7 Å². The number of halogens is 4. The van der Waals surface area contributed by atoms with E-state index in [4.69, 9.17) is 0 Å². The third kappa shape index (κ3) is 4.50. The minimum absolute atomic E-state index is 0.107. The summed E-state index contributed by atoms with van der Waals surface area (Å²) in [6.07, 6.45) is -4.43. The molecule has 4 nitrogen and oxygen atoms in total. The van der Waals surface area contributed by atoms with Crippen LogP contribution < -0.4 is 0 Å². The Hall–Kier alpha value is -2.35. The van der Waals surface area contributed by atoms with E-state index >= 15 is 0 Å². The molecule has 0 saturated carbocycles. The summed E-state index contributed by atoms with van der Waals surface area (Å²) in [5, 5.41) is 0. The lowest BCUT2D eigenvalue weighted by Crippen LogP contribution is -2.50. The Balaban J connectivity index is 1.60. The molecular formula is C19H16BrF3N2O2. The summed E-state index contributed by atoms with van der Waals surface area (Å²) in [5.41, 5.74) is -0.0136. The van der Waals surface area contributed by atoms with Crippen molar-refractivity contribution in [2.45, 2.75) is 6.18 Å². The predicted octanol–water partition coefficient (Wildman–Crippen LogP) is 4.07. The van der Waals surface area contributed by atoms with Gasteiger partial charge in [-0.15, -0.1) is 0 Å². The number of alkyl halides is 3. The fraction of sp³-hybridized carbons (Fsp3) is 0.263. The lowest BCUT2D eigenvalue weighted by Gasteiger charge is -2.35. The SMILES string of the molecule is O=C(c1ccc(Br)cc1)N1CCN(C(=O)c2ccc(C(F)(F)F)cc2)CC1. The number of benzene rings is 2. The molecule has 0 N–H and O–H groups in total. The molecule has 3 rings (SSSR count). The van der Waals surface area contributed by atoms with Crippen LogP contribution in [0.2, 0.25) is 0 Å². The summed E-state index contributed by atoms with van der Waals surface area (Å²) in [6, 6.07) is 11.2. The Morgan fingerprint density at radius 1 is 0.741 bits per heavy atom. The molecular weight excluding hydrogens is 425 g/mol. The maximum Gasteiger partial charge on any atom is 0.416 e. The van der Waals surface area contributed by atoms with Gasteiger partial charge in [0.2, 0.25) is 0 Å². The number of hydrogen-bond acceptors (Lipinski definition) is 2. The van der Waals surface area contributed by atoms with Gasteiger partial charge in [0.05, 0.1) is 5.56 Å². The monoisotopic (exact) mass is 440 g/mol. The molecule has 0 unspecified atom stereocenters. The lowest BCUT2D eigenvalue weighted by atomic mass is 10.1. The molecule has 0 aliphatic carbocycles. The first-order valence-corrected chi connectivity index (χ1v) is 9.06. The van der Waals surface area contributed by atoms with Crippen LogP contribution in [-0.4, -0.2) is 47.8 Å². The molecule has 2 amide bonds. The molecule has 1 heterocycles. The van der Waals surface area contributed by atoms with Crippen LogP contribution in [-0.2, 0) is 6.18 Å². The third-order valence-corrected chi connectivity index (χ3v) is 4.93. The van der Waals surface area contributed by atoms with E-state index in [-0.39, 0.29) is 17.4 Å². The second-order valence-corrected chi connectivity index (χ2v) is 7.08. The summed E-state index contributed by atoms with van der Waals surface area (Å²) < 4.78 is 38.7. The molecule has 1 saturated heterocycles. The molecule has 0 bridgehead atoms. The summed E-state index contributed by atoms with van der Waals surface area (Å²) >= 11 is 3.32. The van der Waals surface area contributed by atoms with E-state index in [1.165, 1.54) is 12.1 Å². The van der Waals surface area contributed by atoms with Gasteiger partial charge in [-0.25, -0.2) is 0 Å². The van der Waals surface area contributed by atoms with Crippen LogP contribution in [0.5, 0.6) is 0 Å². The number of carbonyl (C=O) groups is 2. The zero-order valence-electron chi connectivity index (χ0n) is 14.2. The normalized spacial score (nSPS) is 15.0. The third-order valence-electron chi connectivity index (χ3n) is 4.40. The number of nitrogens with zero attached hydrogens (tertiary/aromatic N) is 2. The molecule has 0 radical (unpaired) electrons. The molecule has 0 atom stereocenters. The van der Waals surface area contributed by atoms with Crippen LogP contribution in [0.1, 0.15) is 26.3 Å². The summed E-state index contributed by atoms with van der Waals surface area (Å²) in [7, 11) is 0. The maximum atomic E-state index is 12.6. The van der Waals surface area contributed by atoms with E-state index in [1.807, 2.05) is 0 Å². The van der Waals surface area contributed by atoms with Crippen molar-refractivity contribution in [2.75, 3.05) is 26.2 Å².